The van der Waals surface area contributed by atoms with Gasteiger partial charge in [0.15, 0.2) is 0 Å². The van der Waals surface area contributed by atoms with Crippen molar-refractivity contribution in [1.82, 2.24) is 14.9 Å². The normalized spacial score (nSPS) is 14.4. The Balaban J connectivity index is 0.00000506. The Labute approximate surface area is 259 Å². The van der Waals surface area contributed by atoms with Crippen molar-refractivity contribution in [2.45, 2.75) is 32.7 Å². The molecule has 0 bridgehead atoms. The summed E-state index contributed by atoms with van der Waals surface area (Å²) >= 11 is 6.17. The molecular weight excluding hydrogens is 568 g/mol. The summed E-state index contributed by atoms with van der Waals surface area (Å²) in [7, 11) is 1.35. The zero-order valence-corrected chi connectivity index (χ0v) is 24.7. The largest absolute Gasteiger partial charge is 0.491 e. The van der Waals surface area contributed by atoms with Crippen molar-refractivity contribution in [2.24, 2.45) is 5.73 Å². The summed E-state index contributed by atoms with van der Waals surface area (Å²) in [5.74, 6) is 0.0382. The highest BCUT2D eigenvalue weighted by Gasteiger charge is 2.26. The summed E-state index contributed by atoms with van der Waals surface area (Å²) < 4.78 is 11.1. The number of primary amides is 1. The maximum atomic E-state index is 12.5. The van der Waals surface area contributed by atoms with Gasteiger partial charge < -0.3 is 15.2 Å². The molecule has 0 aliphatic carbocycles. The minimum Gasteiger partial charge on any atom is -0.491 e. The number of piperazine rings is 1. The molecule has 0 spiro atoms. The van der Waals surface area contributed by atoms with E-state index in [2.05, 4.69) is 46.2 Å². The van der Waals surface area contributed by atoms with Gasteiger partial charge in [0, 0.05) is 37.7 Å². The van der Waals surface area contributed by atoms with Gasteiger partial charge in [-0.15, -0.1) is 0 Å². The lowest BCUT2D eigenvalue weighted by Crippen LogP contribution is -2.48. The van der Waals surface area contributed by atoms with Crippen molar-refractivity contribution in [1.29, 1.82) is 0 Å². The second-order valence-corrected chi connectivity index (χ2v) is 10.8. The predicted octanol–water partition coefficient (Wildman–Crippen LogP) is 5.64. The molecule has 10 heteroatoms. The van der Waals surface area contributed by atoms with Crippen LogP contribution in [0.5, 0.6) is 5.75 Å². The lowest BCUT2D eigenvalue weighted by molar-refractivity contribution is -0.0402. The predicted molar refractivity (Wildman–Crippen MR) is 169 cm³/mol. The molecule has 232 valence electrons. The smallest absolute Gasteiger partial charge is 0.341 e. The maximum absolute atomic E-state index is 12.5. The molecule has 1 fully saturated rings. The molecular formula is C33H43ClN4O5. The average Bonchev–Trinajstić information content (AvgIpc) is 3.01. The first-order valence-electron chi connectivity index (χ1n) is 14.2. The van der Waals surface area contributed by atoms with Gasteiger partial charge in [-0.25, -0.2) is 14.7 Å². The number of carbonyl (C=O) groups excluding carboxylic acids is 2. The minimum atomic E-state index is -0.874. The van der Waals surface area contributed by atoms with Crippen LogP contribution in [0, 0.1) is 0 Å². The lowest BCUT2D eigenvalue weighted by atomic mass is 9.96. The molecule has 1 aliphatic rings. The number of nitrogens with two attached hydrogens (primary N) is 1. The van der Waals surface area contributed by atoms with Crippen molar-refractivity contribution < 1.29 is 24.3 Å². The number of methoxy groups -OCH3 is 1. The molecule has 3 aromatic carbocycles. The van der Waals surface area contributed by atoms with Gasteiger partial charge >= 0.3 is 12.0 Å². The van der Waals surface area contributed by atoms with Crippen molar-refractivity contribution >= 4 is 23.6 Å². The zero-order chi connectivity index (χ0) is 29.9. The van der Waals surface area contributed by atoms with Crippen molar-refractivity contribution in [2.75, 3.05) is 53.0 Å². The van der Waals surface area contributed by atoms with Crippen LogP contribution in [0.3, 0.4) is 0 Å². The van der Waals surface area contributed by atoms with Gasteiger partial charge in [-0.3, -0.25) is 15.0 Å². The van der Waals surface area contributed by atoms with Crippen LogP contribution in [0.4, 0.5) is 4.79 Å². The van der Waals surface area contributed by atoms with Crippen molar-refractivity contribution in [3.63, 3.8) is 0 Å². The number of nitrogens with zero attached hydrogens (tertiary/aromatic N) is 3. The number of benzene rings is 3. The number of aryl methyl sites for hydroxylation is 1. The zero-order valence-electron chi connectivity index (χ0n) is 24.0. The van der Waals surface area contributed by atoms with E-state index >= 15 is 0 Å². The van der Waals surface area contributed by atoms with Crippen LogP contribution in [0.15, 0.2) is 72.8 Å². The van der Waals surface area contributed by atoms with E-state index in [1.807, 2.05) is 24.3 Å². The van der Waals surface area contributed by atoms with Gasteiger partial charge in [0.05, 0.1) is 19.7 Å². The number of amides is 2. The van der Waals surface area contributed by atoms with E-state index in [0.717, 1.165) is 43.3 Å². The van der Waals surface area contributed by atoms with Crippen LogP contribution in [0.1, 0.15) is 53.4 Å². The van der Waals surface area contributed by atoms with Gasteiger partial charge in [-0.05, 0) is 60.2 Å². The fourth-order valence-corrected chi connectivity index (χ4v) is 5.38. The molecule has 1 saturated heterocycles. The molecule has 1 aliphatic heterocycles. The second-order valence-electron chi connectivity index (χ2n) is 10.3. The molecule has 43 heavy (non-hydrogen) atoms. The fourth-order valence-electron chi connectivity index (χ4n) is 5.25. The molecule has 4 rings (SSSR count). The molecule has 1 heterocycles. The van der Waals surface area contributed by atoms with Gasteiger partial charge in [-0.1, -0.05) is 67.6 Å². The van der Waals surface area contributed by atoms with E-state index in [0.29, 0.717) is 42.2 Å². The van der Waals surface area contributed by atoms with Gasteiger partial charge in [-0.2, -0.15) is 0 Å². The molecule has 2 amide bonds. The first-order chi connectivity index (χ1) is 20.4. The quantitative estimate of drug-likeness (QED) is 0.112. The molecule has 3 N–H and O–H groups in total. The van der Waals surface area contributed by atoms with Crippen molar-refractivity contribution in [3.05, 3.63) is 100 Å². The number of urea groups is 1. The Morgan fingerprint density at radius 1 is 0.977 bits per heavy atom. The molecule has 0 aromatic heterocycles. The Bertz CT molecular complexity index is 1300. The number of esters is 1. The van der Waals surface area contributed by atoms with E-state index in [4.69, 9.17) is 26.8 Å². The number of unbranched alkanes of at least 4 members (excludes halogenated alkanes) is 1. The molecule has 0 saturated carbocycles. The van der Waals surface area contributed by atoms with Gasteiger partial charge in [0.25, 0.3) is 0 Å². The number of rotatable bonds is 13. The van der Waals surface area contributed by atoms with Gasteiger partial charge in [0.1, 0.15) is 17.9 Å². The Morgan fingerprint density at radius 2 is 1.65 bits per heavy atom. The first-order valence-corrected chi connectivity index (χ1v) is 14.6. The van der Waals surface area contributed by atoms with Crippen LogP contribution in [-0.2, 0) is 11.2 Å². The third-order valence-corrected chi connectivity index (χ3v) is 7.78. The number of carbonyl (C=O) groups is 2. The van der Waals surface area contributed by atoms with Gasteiger partial charge in [0.2, 0.25) is 0 Å². The summed E-state index contributed by atoms with van der Waals surface area (Å²) in [4.78, 5) is 28.3. The number of hydroxylamine groups is 2. The van der Waals surface area contributed by atoms with Crippen LogP contribution < -0.4 is 10.5 Å². The fraction of sp³-hybridized carbons (Fsp3) is 0.394. The molecule has 0 unspecified atom stereocenters. The summed E-state index contributed by atoms with van der Waals surface area (Å²) in [6.45, 7) is 4.99. The van der Waals surface area contributed by atoms with E-state index in [1.165, 1.54) is 18.2 Å². The average molecular weight is 611 g/mol. The first kappa shape index (κ1) is 33.9. The van der Waals surface area contributed by atoms with E-state index < -0.39 is 12.0 Å². The topological polar surface area (TPSA) is 109 Å². The maximum Gasteiger partial charge on any atom is 0.341 e. The van der Waals surface area contributed by atoms with Crippen LogP contribution in [0.2, 0.25) is 5.02 Å². The summed E-state index contributed by atoms with van der Waals surface area (Å²) in [5.41, 5.74) is 8.84. The monoisotopic (exact) mass is 610 g/mol. The van der Waals surface area contributed by atoms with Crippen LogP contribution in [0.25, 0.3) is 0 Å². The standard InChI is InChI=1S/C32H39ClN4O5.CH4/c1-41-31(38)28-23-24(7-5-6-16-37(40)32(34)39)10-15-29(28)42-22-21-35-17-19-36(20-18-35)30(25-8-3-2-4-9-25)26-11-13-27(33)14-12-26;/h2-4,8-15,23,30,40H,5-7,16-22H2,1H3,(H2,34,39);1H4/t30-;/m1./s1. The Morgan fingerprint density at radius 3 is 2.30 bits per heavy atom. The highest BCUT2D eigenvalue weighted by Crippen LogP contribution is 2.30. The van der Waals surface area contributed by atoms with E-state index in [1.54, 1.807) is 12.1 Å². The SMILES string of the molecule is C.COC(=O)c1cc(CCCCN(O)C(N)=O)ccc1OCCN1CCN([C@H](c2ccccc2)c2ccc(Cl)cc2)CC1. The third kappa shape index (κ3) is 9.69. The van der Waals surface area contributed by atoms with E-state index in [9.17, 15) is 14.8 Å². The number of ether oxygens (including phenoxy) is 2. The summed E-state index contributed by atoms with van der Waals surface area (Å²) in [5, 5.41) is 10.6. The highest BCUT2D eigenvalue weighted by atomic mass is 35.5. The van der Waals surface area contributed by atoms with E-state index in [-0.39, 0.29) is 20.0 Å². The number of hydrogen-bond acceptors (Lipinski definition) is 7. The summed E-state index contributed by atoms with van der Waals surface area (Å²) in [6.07, 6.45) is 1.95. The number of hydrogen-bond donors (Lipinski definition) is 2. The minimum absolute atomic E-state index is 0. The Kier molecular flexibility index (Phi) is 13.3. The molecule has 1 atom stereocenters. The Hall–Kier alpha value is -3.63. The third-order valence-electron chi connectivity index (χ3n) is 7.53. The second kappa shape index (κ2) is 16.9. The molecule has 3 aromatic rings. The number of halogens is 1. The highest BCUT2D eigenvalue weighted by molar-refractivity contribution is 6.30. The van der Waals surface area contributed by atoms with Crippen LogP contribution >= 0.6 is 11.6 Å². The van der Waals surface area contributed by atoms with Crippen molar-refractivity contribution in [3.8, 4) is 5.75 Å². The molecule has 9 nitrogen and oxygen atoms in total. The van der Waals surface area contributed by atoms with Crippen LogP contribution in [-0.4, -0.2) is 85.1 Å². The lowest BCUT2D eigenvalue weighted by Gasteiger charge is -2.39. The summed E-state index contributed by atoms with van der Waals surface area (Å²) in [6, 6.07) is 23.5. The molecule has 0 radical (unpaired) electrons.